The van der Waals surface area contributed by atoms with Gasteiger partial charge in [0.1, 0.15) is 0 Å². The van der Waals surface area contributed by atoms with Crippen LogP contribution in [0.3, 0.4) is 0 Å². The second-order valence-electron chi connectivity index (χ2n) is 12.1. The minimum Gasteiger partial charge on any atom is -0.398 e. The summed E-state index contributed by atoms with van der Waals surface area (Å²) < 4.78 is 6.20. The molecule has 42 heavy (non-hydrogen) atoms. The van der Waals surface area contributed by atoms with Crippen LogP contribution < -0.4 is 0 Å². The van der Waals surface area contributed by atoms with Gasteiger partial charge in [-0.1, -0.05) is 121 Å². The molecule has 0 unspecified atom stereocenters. The van der Waals surface area contributed by atoms with Crippen LogP contribution in [0, 0.1) is 11.3 Å². The Bertz CT molecular complexity index is 1390. The molecule has 2 saturated heterocycles. The molecule has 0 aromatic heterocycles. The molecule has 0 bridgehead atoms. The van der Waals surface area contributed by atoms with E-state index >= 15 is 0 Å². The van der Waals surface area contributed by atoms with Crippen molar-refractivity contribution in [2.24, 2.45) is 0 Å². The average Bonchev–Trinajstić information content (AvgIpc) is 2.97. The normalized spacial score (nSPS) is 16.6. The quantitative estimate of drug-likeness (QED) is 0.216. The van der Waals surface area contributed by atoms with Crippen molar-refractivity contribution < 1.29 is 9.22 Å². The van der Waals surface area contributed by atoms with Gasteiger partial charge in [0.25, 0.3) is 0 Å². The molecule has 0 amide bonds. The van der Waals surface area contributed by atoms with E-state index in [1.54, 1.807) is 0 Å². The zero-order valence-corrected chi connectivity index (χ0v) is 25.7. The maximum Gasteiger partial charge on any atom is 0.186 e. The first-order valence-electron chi connectivity index (χ1n) is 14.6. The third kappa shape index (κ3) is 7.12. The lowest BCUT2D eigenvalue weighted by molar-refractivity contribution is -0.130. The zero-order valence-electron chi connectivity index (χ0n) is 24.7. The molecule has 0 spiro atoms. The number of Topliss-reactive ketones (excluding diaryl/α,β-unsaturated/α-hetero) is 1. The van der Waals surface area contributed by atoms with Gasteiger partial charge in [0.2, 0.25) is 0 Å². The van der Waals surface area contributed by atoms with Crippen LogP contribution in [-0.4, -0.2) is 55.7 Å². The number of likely N-dealkylation sites (tertiary alicyclic amines) is 2. The number of benzene rings is 4. The molecule has 0 atom stereocenters. The SMILES string of the molecule is C[Si](C)(C)OC1(C#N)CN(C(c2ccccc2)c2ccccc2)C1.O=C1CN(C(c2ccccc2)c2ccccc2)C1. The number of carbonyl (C=O) groups excluding carboxylic acids is 1. The van der Waals surface area contributed by atoms with E-state index in [-0.39, 0.29) is 12.1 Å². The predicted octanol–water partition coefficient (Wildman–Crippen LogP) is 6.87. The van der Waals surface area contributed by atoms with Gasteiger partial charge in [-0.25, -0.2) is 0 Å². The van der Waals surface area contributed by atoms with Crippen molar-refractivity contribution in [1.82, 2.24) is 9.80 Å². The second kappa shape index (κ2) is 13.0. The Labute approximate surface area is 251 Å². The summed E-state index contributed by atoms with van der Waals surface area (Å²) in [6.07, 6.45) is 0. The summed E-state index contributed by atoms with van der Waals surface area (Å²) in [5, 5.41) is 9.66. The van der Waals surface area contributed by atoms with E-state index in [2.05, 4.69) is 108 Å². The van der Waals surface area contributed by atoms with E-state index in [4.69, 9.17) is 4.43 Å². The largest absolute Gasteiger partial charge is 0.398 e. The van der Waals surface area contributed by atoms with Gasteiger partial charge in [-0.15, -0.1) is 0 Å². The van der Waals surface area contributed by atoms with Crippen LogP contribution in [0.5, 0.6) is 0 Å². The molecule has 2 heterocycles. The summed E-state index contributed by atoms with van der Waals surface area (Å²) in [4.78, 5) is 15.8. The fraction of sp³-hybridized carbons (Fsp3) is 0.278. The highest BCUT2D eigenvalue weighted by molar-refractivity contribution is 6.69. The molecule has 2 aliphatic heterocycles. The van der Waals surface area contributed by atoms with Gasteiger partial charge in [-0.2, -0.15) is 5.26 Å². The lowest BCUT2D eigenvalue weighted by atomic mass is 9.88. The Morgan fingerprint density at radius 1 is 0.643 bits per heavy atom. The van der Waals surface area contributed by atoms with Crippen molar-refractivity contribution in [2.75, 3.05) is 26.2 Å². The van der Waals surface area contributed by atoms with Gasteiger partial charge in [-0.05, 0) is 41.9 Å². The standard InChI is InChI=1S/C20H24N2OSi.C16H15NO/c1-24(2,3)23-20(14-21)15-22(16-20)19(17-10-6-4-7-11-17)18-12-8-5-9-13-18;18-15-11-17(12-15)16(13-7-3-1-4-8-13)14-9-5-2-6-10-14/h4-13,19H,15-16H2,1-3H3;1-10,16H,11-12H2. The predicted molar refractivity (Wildman–Crippen MR) is 170 cm³/mol. The molecule has 4 aromatic rings. The summed E-state index contributed by atoms with van der Waals surface area (Å²) >= 11 is 0. The smallest absolute Gasteiger partial charge is 0.186 e. The minimum atomic E-state index is -1.76. The van der Waals surface area contributed by atoms with E-state index in [0.29, 0.717) is 32.0 Å². The number of hydrogen-bond donors (Lipinski definition) is 0. The molecular formula is C36H39N3O2Si. The Hall–Kier alpha value is -3.86. The highest BCUT2D eigenvalue weighted by Crippen LogP contribution is 2.38. The van der Waals surface area contributed by atoms with Gasteiger partial charge in [0.15, 0.2) is 19.7 Å². The van der Waals surface area contributed by atoms with E-state index in [0.717, 1.165) is 0 Å². The van der Waals surface area contributed by atoms with Crippen LogP contribution >= 0.6 is 0 Å². The molecule has 0 N–H and O–H groups in total. The van der Waals surface area contributed by atoms with E-state index < -0.39 is 13.9 Å². The number of carbonyl (C=O) groups is 1. The first-order chi connectivity index (χ1) is 20.3. The molecule has 6 rings (SSSR count). The van der Waals surface area contributed by atoms with Crippen LogP contribution in [-0.2, 0) is 9.22 Å². The molecule has 2 aliphatic rings. The van der Waals surface area contributed by atoms with Crippen LogP contribution in [0.1, 0.15) is 34.3 Å². The molecule has 4 aromatic carbocycles. The zero-order chi connectivity index (χ0) is 29.6. The third-order valence-corrected chi connectivity index (χ3v) is 8.58. The molecule has 2 fully saturated rings. The number of nitrogens with zero attached hydrogens (tertiary/aromatic N) is 3. The number of nitriles is 1. The molecule has 0 aliphatic carbocycles. The Morgan fingerprint density at radius 3 is 1.26 bits per heavy atom. The highest BCUT2D eigenvalue weighted by atomic mass is 28.4. The second-order valence-corrected chi connectivity index (χ2v) is 16.5. The van der Waals surface area contributed by atoms with E-state index in [1.807, 2.05) is 48.5 Å². The molecular weight excluding hydrogens is 535 g/mol. The van der Waals surface area contributed by atoms with Crippen molar-refractivity contribution in [3.8, 4) is 6.07 Å². The van der Waals surface area contributed by atoms with Gasteiger partial charge in [0.05, 0.1) is 31.2 Å². The van der Waals surface area contributed by atoms with Crippen molar-refractivity contribution in [3.05, 3.63) is 144 Å². The number of ketones is 1. The summed E-state index contributed by atoms with van der Waals surface area (Å²) in [5.41, 5.74) is 4.35. The van der Waals surface area contributed by atoms with E-state index in [1.165, 1.54) is 22.3 Å². The molecule has 214 valence electrons. The Balaban J connectivity index is 0.000000175. The van der Waals surface area contributed by atoms with Crippen LogP contribution in [0.4, 0.5) is 0 Å². The van der Waals surface area contributed by atoms with Gasteiger partial charge in [0, 0.05) is 13.1 Å². The number of rotatable bonds is 8. The van der Waals surface area contributed by atoms with Crippen molar-refractivity contribution in [3.63, 3.8) is 0 Å². The van der Waals surface area contributed by atoms with Gasteiger partial charge >= 0.3 is 0 Å². The average molecular weight is 574 g/mol. The first-order valence-corrected chi connectivity index (χ1v) is 18.0. The summed E-state index contributed by atoms with van der Waals surface area (Å²) in [5.74, 6) is 0.326. The van der Waals surface area contributed by atoms with Gasteiger partial charge in [-0.3, -0.25) is 14.6 Å². The summed E-state index contributed by atoms with van der Waals surface area (Å²) in [7, 11) is -1.76. The first kappa shape index (κ1) is 29.6. The lowest BCUT2D eigenvalue weighted by Crippen LogP contribution is -2.65. The summed E-state index contributed by atoms with van der Waals surface area (Å²) in [6.45, 7) is 8.86. The Morgan fingerprint density at radius 2 is 0.976 bits per heavy atom. The summed E-state index contributed by atoms with van der Waals surface area (Å²) in [6, 6.07) is 44.5. The molecule has 5 nitrogen and oxygen atoms in total. The third-order valence-electron chi connectivity index (χ3n) is 7.57. The lowest BCUT2D eigenvalue weighted by Gasteiger charge is -2.51. The van der Waals surface area contributed by atoms with Gasteiger partial charge < -0.3 is 4.43 Å². The van der Waals surface area contributed by atoms with Crippen molar-refractivity contribution in [2.45, 2.75) is 37.3 Å². The monoisotopic (exact) mass is 573 g/mol. The maximum atomic E-state index is 11.2. The van der Waals surface area contributed by atoms with Crippen LogP contribution in [0.15, 0.2) is 121 Å². The Kier molecular flexibility index (Phi) is 9.15. The van der Waals surface area contributed by atoms with Crippen molar-refractivity contribution in [1.29, 1.82) is 5.26 Å². The topological polar surface area (TPSA) is 56.6 Å². The van der Waals surface area contributed by atoms with Crippen molar-refractivity contribution >= 4 is 14.1 Å². The minimum absolute atomic E-state index is 0.166. The maximum absolute atomic E-state index is 11.2. The van der Waals surface area contributed by atoms with Crippen LogP contribution in [0.2, 0.25) is 19.6 Å². The molecule has 0 radical (unpaired) electrons. The highest BCUT2D eigenvalue weighted by Gasteiger charge is 2.49. The fourth-order valence-electron chi connectivity index (χ4n) is 5.90. The molecule has 6 heteroatoms. The van der Waals surface area contributed by atoms with Crippen LogP contribution in [0.25, 0.3) is 0 Å². The fourth-order valence-corrected chi connectivity index (χ4v) is 7.24. The van der Waals surface area contributed by atoms with E-state index in [9.17, 15) is 10.1 Å². The number of hydrogen-bond acceptors (Lipinski definition) is 5. The molecule has 0 saturated carbocycles.